The van der Waals surface area contributed by atoms with Gasteiger partial charge in [-0.1, -0.05) is 12.1 Å². The Bertz CT molecular complexity index is 1270. The summed E-state index contributed by atoms with van der Waals surface area (Å²) in [6.07, 6.45) is 1.64. The summed E-state index contributed by atoms with van der Waals surface area (Å²) in [7, 11) is 3.18. The minimum Gasteiger partial charge on any atom is -0.375 e. The lowest BCUT2D eigenvalue weighted by Crippen LogP contribution is -2.27. The Morgan fingerprint density at radius 3 is 2.67 bits per heavy atom. The predicted octanol–water partition coefficient (Wildman–Crippen LogP) is 4.14. The van der Waals surface area contributed by atoms with Gasteiger partial charge >= 0.3 is 0 Å². The molecule has 9 heteroatoms. The Hall–Kier alpha value is -3.56. The van der Waals surface area contributed by atoms with Crippen molar-refractivity contribution in [1.29, 1.82) is 0 Å². The van der Waals surface area contributed by atoms with Gasteiger partial charge in [0.05, 0.1) is 22.9 Å². The number of benzene rings is 2. The van der Waals surface area contributed by atoms with E-state index in [4.69, 9.17) is 4.74 Å². The van der Waals surface area contributed by atoms with E-state index in [2.05, 4.69) is 10.3 Å². The van der Waals surface area contributed by atoms with Crippen LogP contribution in [0.2, 0.25) is 0 Å². The average molecular weight is 467 g/mol. The average Bonchev–Trinajstić information content (AvgIpc) is 3.44. The summed E-state index contributed by atoms with van der Waals surface area (Å²) in [5, 5.41) is 6.72. The number of fused-ring (bicyclic) bond motifs is 1. The second-order valence-electron chi connectivity index (χ2n) is 7.66. The van der Waals surface area contributed by atoms with E-state index in [9.17, 15) is 14.0 Å². The largest absolute Gasteiger partial charge is 0.375 e. The number of carbonyl (C=O) groups excluding carboxylic acids is 2. The van der Waals surface area contributed by atoms with Crippen LogP contribution in [-0.4, -0.2) is 47.0 Å². The summed E-state index contributed by atoms with van der Waals surface area (Å²) in [5.74, 6) is -0.834. The van der Waals surface area contributed by atoms with Crippen molar-refractivity contribution in [2.24, 2.45) is 0 Å². The number of nitrogens with zero attached hydrogens (tertiary/aromatic N) is 3. The lowest BCUT2D eigenvalue weighted by atomic mass is 10.1. The third-order valence-electron chi connectivity index (χ3n) is 5.12. The highest BCUT2D eigenvalue weighted by molar-refractivity contribution is 7.07. The maximum Gasteiger partial charge on any atom is 0.256 e. The fourth-order valence-corrected chi connectivity index (χ4v) is 4.27. The maximum absolute atomic E-state index is 13.5. The summed E-state index contributed by atoms with van der Waals surface area (Å²) in [6, 6.07) is 11.6. The summed E-state index contributed by atoms with van der Waals surface area (Å²) in [4.78, 5) is 31.7. The fourth-order valence-electron chi connectivity index (χ4n) is 3.61. The van der Waals surface area contributed by atoms with Crippen molar-refractivity contribution in [2.75, 3.05) is 26.1 Å². The molecule has 0 aliphatic heterocycles. The number of imidazole rings is 1. The molecule has 0 radical (unpaired) electrons. The van der Waals surface area contributed by atoms with Gasteiger partial charge < -0.3 is 19.5 Å². The highest BCUT2D eigenvalue weighted by Gasteiger charge is 2.21. The van der Waals surface area contributed by atoms with Crippen LogP contribution in [0.4, 0.5) is 10.1 Å². The molecule has 4 aromatic rings. The Morgan fingerprint density at radius 1 is 1.18 bits per heavy atom. The highest BCUT2D eigenvalue weighted by Crippen LogP contribution is 2.26. The van der Waals surface area contributed by atoms with Crippen molar-refractivity contribution in [3.63, 3.8) is 0 Å². The first kappa shape index (κ1) is 22.6. The molecule has 0 bridgehead atoms. The van der Waals surface area contributed by atoms with Crippen molar-refractivity contribution in [3.8, 4) is 0 Å². The third kappa shape index (κ3) is 5.27. The van der Waals surface area contributed by atoms with Gasteiger partial charge in [-0.25, -0.2) is 9.37 Å². The summed E-state index contributed by atoms with van der Waals surface area (Å²) >= 11 is 1.57. The Balaban J connectivity index is 1.73. The molecule has 2 amide bonds. The topological polar surface area (TPSA) is 76.5 Å². The van der Waals surface area contributed by atoms with Gasteiger partial charge in [0.25, 0.3) is 5.91 Å². The van der Waals surface area contributed by atoms with Gasteiger partial charge in [-0.3, -0.25) is 9.59 Å². The Labute approximate surface area is 194 Å². The first-order valence-corrected chi connectivity index (χ1v) is 11.2. The molecule has 0 fully saturated rings. The molecular formula is C24H23FN4O3S. The van der Waals surface area contributed by atoms with E-state index in [1.54, 1.807) is 53.9 Å². The second kappa shape index (κ2) is 9.93. The highest BCUT2D eigenvalue weighted by atomic mass is 32.1. The molecule has 0 saturated heterocycles. The normalized spacial score (nSPS) is 11.0. The van der Waals surface area contributed by atoms with Crippen molar-refractivity contribution < 1.29 is 18.7 Å². The van der Waals surface area contributed by atoms with Gasteiger partial charge in [-0.05, 0) is 52.2 Å². The number of amides is 2. The number of thiophene rings is 1. The van der Waals surface area contributed by atoms with Gasteiger partial charge in [-0.2, -0.15) is 11.3 Å². The minimum absolute atomic E-state index is 0.0988. The van der Waals surface area contributed by atoms with Crippen LogP contribution in [-0.2, 0) is 22.6 Å². The summed E-state index contributed by atoms with van der Waals surface area (Å²) in [5.41, 5.74) is 4.00. The fraction of sp³-hybridized carbons (Fsp3) is 0.208. The van der Waals surface area contributed by atoms with Crippen molar-refractivity contribution in [1.82, 2.24) is 14.5 Å². The monoisotopic (exact) mass is 466 g/mol. The Kier molecular flexibility index (Phi) is 6.81. The number of aromatic nitrogens is 2. The molecule has 0 aliphatic rings. The number of hydrogen-bond donors (Lipinski definition) is 1. The minimum atomic E-state index is -0.326. The number of hydrogen-bond acceptors (Lipinski definition) is 5. The van der Waals surface area contributed by atoms with Gasteiger partial charge in [0.1, 0.15) is 12.4 Å². The molecule has 0 spiro atoms. The van der Waals surface area contributed by atoms with Crippen LogP contribution in [0.25, 0.3) is 11.0 Å². The standard InChI is InChI=1S/C24H23FN4O3S/c1-28(11-17-7-8-33-14-17)24(31)20-9-19(27-22(30)13-32-2)10-21-23(20)29(15-26-21)12-16-3-5-18(25)6-4-16/h3-10,14-15H,11-13H2,1-2H3,(H,27,30). The summed E-state index contributed by atoms with van der Waals surface area (Å²) < 4.78 is 20.1. The second-order valence-corrected chi connectivity index (χ2v) is 8.44. The molecule has 2 aromatic carbocycles. The molecule has 2 aromatic heterocycles. The maximum atomic E-state index is 13.5. The van der Waals surface area contributed by atoms with E-state index < -0.39 is 0 Å². The number of anilines is 1. The molecule has 0 atom stereocenters. The zero-order chi connectivity index (χ0) is 23.4. The van der Waals surface area contributed by atoms with Crippen molar-refractivity contribution >= 4 is 39.9 Å². The lowest BCUT2D eigenvalue weighted by Gasteiger charge is -2.19. The lowest BCUT2D eigenvalue weighted by molar-refractivity contribution is -0.119. The van der Waals surface area contributed by atoms with Crippen LogP contribution >= 0.6 is 11.3 Å². The van der Waals surface area contributed by atoms with E-state index in [-0.39, 0.29) is 24.2 Å². The third-order valence-corrected chi connectivity index (χ3v) is 5.85. The quantitative estimate of drug-likeness (QED) is 0.423. The SMILES string of the molecule is COCC(=O)Nc1cc(C(=O)N(C)Cc2ccsc2)c2c(c1)ncn2Cc1ccc(F)cc1. The van der Waals surface area contributed by atoms with Crippen molar-refractivity contribution in [3.05, 3.63) is 82.1 Å². The molecule has 33 heavy (non-hydrogen) atoms. The van der Waals surface area contributed by atoms with E-state index in [1.807, 2.05) is 21.4 Å². The van der Waals surface area contributed by atoms with E-state index in [1.165, 1.54) is 19.2 Å². The van der Waals surface area contributed by atoms with Crippen LogP contribution in [0, 0.1) is 5.82 Å². The molecule has 2 heterocycles. The van der Waals surface area contributed by atoms with E-state index >= 15 is 0 Å². The smallest absolute Gasteiger partial charge is 0.256 e. The summed E-state index contributed by atoms with van der Waals surface area (Å²) in [6.45, 7) is 0.773. The van der Waals surface area contributed by atoms with Crippen LogP contribution in [0.1, 0.15) is 21.5 Å². The van der Waals surface area contributed by atoms with Crippen LogP contribution in [0.15, 0.2) is 59.6 Å². The zero-order valence-corrected chi connectivity index (χ0v) is 19.1. The molecule has 0 unspecified atom stereocenters. The molecule has 1 N–H and O–H groups in total. The van der Waals surface area contributed by atoms with E-state index in [0.29, 0.717) is 35.4 Å². The van der Waals surface area contributed by atoms with E-state index in [0.717, 1.165) is 11.1 Å². The predicted molar refractivity (Wildman–Crippen MR) is 126 cm³/mol. The number of halogens is 1. The van der Waals surface area contributed by atoms with Gasteiger partial charge in [0.2, 0.25) is 5.91 Å². The van der Waals surface area contributed by atoms with Crippen LogP contribution in [0.5, 0.6) is 0 Å². The van der Waals surface area contributed by atoms with Gasteiger partial charge in [0, 0.05) is 32.9 Å². The number of rotatable bonds is 8. The van der Waals surface area contributed by atoms with Crippen molar-refractivity contribution in [2.45, 2.75) is 13.1 Å². The number of ether oxygens (including phenoxy) is 1. The first-order valence-electron chi connectivity index (χ1n) is 10.2. The zero-order valence-electron chi connectivity index (χ0n) is 18.2. The van der Waals surface area contributed by atoms with Gasteiger partial charge in [-0.15, -0.1) is 0 Å². The van der Waals surface area contributed by atoms with Gasteiger partial charge in [0.15, 0.2) is 0 Å². The number of methoxy groups -OCH3 is 1. The first-order chi connectivity index (χ1) is 15.9. The Morgan fingerprint density at radius 2 is 1.97 bits per heavy atom. The van der Waals surface area contributed by atoms with Crippen LogP contribution in [0.3, 0.4) is 0 Å². The van der Waals surface area contributed by atoms with Crippen LogP contribution < -0.4 is 5.32 Å². The molecule has 4 rings (SSSR count). The molecule has 7 nitrogen and oxygen atoms in total. The number of nitrogens with one attached hydrogen (secondary N) is 1. The molecule has 0 saturated carbocycles. The number of carbonyl (C=O) groups is 2. The molecule has 0 aliphatic carbocycles. The molecule has 170 valence electrons. The molecular weight excluding hydrogens is 443 g/mol.